The Morgan fingerprint density at radius 1 is 1.67 bits per heavy atom. The van der Waals surface area contributed by atoms with E-state index in [0.717, 1.165) is 6.42 Å². The Kier molecular flexibility index (Phi) is 2.13. The van der Waals surface area contributed by atoms with E-state index in [0.29, 0.717) is 0 Å². The molecule has 0 atom stereocenters. The van der Waals surface area contributed by atoms with Crippen molar-refractivity contribution in [3.8, 4) is 0 Å². The molecule has 0 spiro atoms. The summed E-state index contributed by atoms with van der Waals surface area (Å²) in [5.41, 5.74) is 1.34. The summed E-state index contributed by atoms with van der Waals surface area (Å²) in [5.74, 6) is 0. The first-order valence-corrected chi connectivity index (χ1v) is 3.16. The minimum absolute atomic E-state index is 1.04. The minimum Gasteiger partial charge on any atom is -0.367 e. The highest BCUT2D eigenvalue weighted by Crippen LogP contribution is 1.97. The lowest BCUT2D eigenvalue weighted by molar-refractivity contribution is 1.26. The third kappa shape index (κ3) is 1.76. The van der Waals surface area contributed by atoms with Gasteiger partial charge in [-0.05, 0) is 25.0 Å². The maximum atomic E-state index is 3.00. The molecule has 0 aliphatic rings. The maximum absolute atomic E-state index is 3.00. The van der Waals surface area contributed by atoms with E-state index < -0.39 is 0 Å². The maximum Gasteiger partial charge on any atom is 0.00405 e. The fourth-order valence-electron chi connectivity index (χ4n) is 0.739. The second-order valence-corrected chi connectivity index (χ2v) is 1.99. The summed E-state index contributed by atoms with van der Waals surface area (Å²) in [6, 6.07) is 2.08. The zero-order valence-corrected chi connectivity index (χ0v) is 5.59. The van der Waals surface area contributed by atoms with Crippen LogP contribution in [0, 0.1) is 0 Å². The molecule has 0 radical (unpaired) electrons. The summed E-state index contributed by atoms with van der Waals surface area (Å²) < 4.78 is 0. The fourth-order valence-corrected chi connectivity index (χ4v) is 0.739. The molecule has 0 fully saturated rings. The van der Waals surface area contributed by atoms with Crippen LogP contribution >= 0.6 is 0 Å². The molecule has 1 N–H and O–H groups in total. The van der Waals surface area contributed by atoms with Gasteiger partial charge in [-0.1, -0.05) is 12.2 Å². The highest BCUT2D eigenvalue weighted by molar-refractivity contribution is 5.11. The molecule has 0 bridgehead atoms. The number of aromatic nitrogens is 1. The molecule has 0 aliphatic carbocycles. The summed E-state index contributed by atoms with van der Waals surface area (Å²) in [6.45, 7) is 2.03. The lowest BCUT2D eigenvalue weighted by Gasteiger charge is -1.83. The SMILES string of the molecule is C/C=C/Cc1cc[nH]c1. The topological polar surface area (TPSA) is 15.8 Å². The predicted octanol–water partition coefficient (Wildman–Crippen LogP) is 2.13. The Hall–Kier alpha value is -0.980. The van der Waals surface area contributed by atoms with Crippen LogP contribution in [0.2, 0.25) is 0 Å². The molecule has 1 rings (SSSR count). The number of nitrogens with one attached hydrogen (secondary N) is 1. The number of aromatic amines is 1. The second kappa shape index (κ2) is 3.13. The van der Waals surface area contributed by atoms with E-state index in [4.69, 9.17) is 0 Å². The Labute approximate surface area is 55.4 Å². The van der Waals surface area contributed by atoms with Crippen LogP contribution in [-0.4, -0.2) is 4.98 Å². The predicted molar refractivity (Wildman–Crippen MR) is 39.3 cm³/mol. The Bertz CT molecular complexity index is 172. The first-order chi connectivity index (χ1) is 4.43. The highest BCUT2D eigenvalue weighted by Gasteiger charge is 1.84. The van der Waals surface area contributed by atoms with Gasteiger partial charge in [0, 0.05) is 12.4 Å². The van der Waals surface area contributed by atoms with Crippen LogP contribution in [0.5, 0.6) is 0 Å². The van der Waals surface area contributed by atoms with Gasteiger partial charge in [0.2, 0.25) is 0 Å². The van der Waals surface area contributed by atoms with E-state index in [1.54, 1.807) is 0 Å². The molecule has 1 heteroatoms. The van der Waals surface area contributed by atoms with Gasteiger partial charge in [0.05, 0.1) is 0 Å². The number of H-pyrrole nitrogens is 1. The van der Waals surface area contributed by atoms with Crippen molar-refractivity contribution in [3.63, 3.8) is 0 Å². The molecular formula is C8H11N. The van der Waals surface area contributed by atoms with Crippen molar-refractivity contribution in [1.82, 2.24) is 4.98 Å². The molecule has 0 amide bonds. The number of hydrogen-bond donors (Lipinski definition) is 1. The van der Waals surface area contributed by atoms with Crippen molar-refractivity contribution in [2.75, 3.05) is 0 Å². The number of hydrogen-bond acceptors (Lipinski definition) is 0. The smallest absolute Gasteiger partial charge is 0.00405 e. The molecule has 1 nitrogen and oxygen atoms in total. The Morgan fingerprint density at radius 3 is 3.11 bits per heavy atom. The van der Waals surface area contributed by atoms with Crippen molar-refractivity contribution in [2.45, 2.75) is 13.3 Å². The molecular weight excluding hydrogens is 110 g/mol. The first kappa shape index (κ1) is 6.14. The van der Waals surface area contributed by atoms with E-state index in [2.05, 4.69) is 23.2 Å². The lowest BCUT2D eigenvalue weighted by Crippen LogP contribution is -1.71. The van der Waals surface area contributed by atoms with Gasteiger partial charge in [0.25, 0.3) is 0 Å². The number of allylic oxidation sites excluding steroid dienone is 2. The van der Waals surface area contributed by atoms with Gasteiger partial charge in [-0.15, -0.1) is 0 Å². The fraction of sp³-hybridized carbons (Fsp3) is 0.250. The normalized spacial score (nSPS) is 10.8. The van der Waals surface area contributed by atoms with E-state index in [1.165, 1.54) is 5.56 Å². The Balaban J connectivity index is 2.48. The summed E-state index contributed by atoms with van der Waals surface area (Å²) >= 11 is 0. The van der Waals surface area contributed by atoms with Crippen LogP contribution in [0.3, 0.4) is 0 Å². The van der Waals surface area contributed by atoms with Gasteiger partial charge < -0.3 is 4.98 Å². The van der Waals surface area contributed by atoms with Crippen molar-refractivity contribution in [3.05, 3.63) is 36.2 Å². The summed E-state index contributed by atoms with van der Waals surface area (Å²) in [6.07, 6.45) is 9.20. The van der Waals surface area contributed by atoms with Crippen LogP contribution in [0.25, 0.3) is 0 Å². The monoisotopic (exact) mass is 121 g/mol. The van der Waals surface area contributed by atoms with Gasteiger partial charge >= 0.3 is 0 Å². The van der Waals surface area contributed by atoms with Crippen molar-refractivity contribution in [1.29, 1.82) is 0 Å². The lowest BCUT2D eigenvalue weighted by atomic mass is 10.2. The number of rotatable bonds is 2. The molecule has 1 aromatic rings. The van der Waals surface area contributed by atoms with Crippen LogP contribution in [0.15, 0.2) is 30.6 Å². The van der Waals surface area contributed by atoms with Gasteiger partial charge in [-0.3, -0.25) is 0 Å². The first-order valence-electron chi connectivity index (χ1n) is 3.16. The highest BCUT2D eigenvalue weighted by atomic mass is 14.6. The largest absolute Gasteiger partial charge is 0.367 e. The van der Waals surface area contributed by atoms with Gasteiger partial charge in [0.15, 0.2) is 0 Å². The summed E-state index contributed by atoms with van der Waals surface area (Å²) in [7, 11) is 0. The van der Waals surface area contributed by atoms with Gasteiger partial charge in [-0.2, -0.15) is 0 Å². The van der Waals surface area contributed by atoms with Gasteiger partial charge in [-0.25, -0.2) is 0 Å². The molecule has 1 aromatic heterocycles. The van der Waals surface area contributed by atoms with E-state index in [9.17, 15) is 0 Å². The molecule has 0 aromatic carbocycles. The van der Waals surface area contributed by atoms with E-state index >= 15 is 0 Å². The average molecular weight is 121 g/mol. The summed E-state index contributed by atoms with van der Waals surface area (Å²) in [5, 5.41) is 0. The minimum atomic E-state index is 1.04. The molecule has 0 aliphatic heterocycles. The molecule has 0 saturated carbocycles. The van der Waals surface area contributed by atoms with Gasteiger partial charge in [0.1, 0.15) is 0 Å². The van der Waals surface area contributed by atoms with E-state index in [-0.39, 0.29) is 0 Å². The van der Waals surface area contributed by atoms with Crippen molar-refractivity contribution >= 4 is 0 Å². The molecule has 0 unspecified atom stereocenters. The van der Waals surface area contributed by atoms with Crippen LogP contribution < -0.4 is 0 Å². The standard InChI is InChI=1S/C8H11N/c1-2-3-4-8-5-6-9-7-8/h2-3,5-7,9H,4H2,1H3/b3-2+. The zero-order chi connectivity index (χ0) is 6.53. The summed E-state index contributed by atoms with van der Waals surface area (Å²) in [4.78, 5) is 3.00. The van der Waals surface area contributed by atoms with Crippen LogP contribution in [0.1, 0.15) is 12.5 Å². The molecule has 1 heterocycles. The molecule has 9 heavy (non-hydrogen) atoms. The van der Waals surface area contributed by atoms with Crippen LogP contribution in [-0.2, 0) is 6.42 Å². The Morgan fingerprint density at radius 2 is 2.56 bits per heavy atom. The van der Waals surface area contributed by atoms with Crippen LogP contribution in [0.4, 0.5) is 0 Å². The van der Waals surface area contributed by atoms with Crippen molar-refractivity contribution < 1.29 is 0 Å². The third-order valence-corrected chi connectivity index (χ3v) is 1.25. The van der Waals surface area contributed by atoms with Crippen molar-refractivity contribution in [2.24, 2.45) is 0 Å². The molecule has 0 saturated heterocycles. The molecule has 48 valence electrons. The second-order valence-electron chi connectivity index (χ2n) is 1.99. The average Bonchev–Trinajstić information content (AvgIpc) is 2.34. The zero-order valence-electron chi connectivity index (χ0n) is 5.59. The third-order valence-electron chi connectivity index (χ3n) is 1.25. The van der Waals surface area contributed by atoms with E-state index in [1.807, 2.05) is 19.3 Å². The quantitative estimate of drug-likeness (QED) is 0.577.